The number of ether oxygens (including phenoxy) is 1. The molecule has 0 aromatic rings. The van der Waals surface area contributed by atoms with Crippen molar-refractivity contribution in [3.63, 3.8) is 0 Å². The molecule has 158 valence electrons. The predicted molar refractivity (Wildman–Crippen MR) is 127 cm³/mol. The molecule has 29 heavy (non-hydrogen) atoms. The number of carbonyl (C=O) groups excluding carboxylic acids is 1. The summed E-state index contributed by atoms with van der Waals surface area (Å²) in [4.78, 5) is 11.3. The van der Waals surface area contributed by atoms with Gasteiger partial charge in [-0.2, -0.15) is 0 Å². The highest BCUT2D eigenvalue weighted by Crippen LogP contribution is 2.08. The van der Waals surface area contributed by atoms with Crippen molar-refractivity contribution < 1.29 is 9.53 Å². The van der Waals surface area contributed by atoms with Crippen LogP contribution in [0.4, 0.5) is 0 Å². The Morgan fingerprint density at radius 1 is 0.724 bits per heavy atom. The third-order valence-electron chi connectivity index (χ3n) is 3.88. The lowest BCUT2D eigenvalue weighted by molar-refractivity contribution is -0.132. The topological polar surface area (TPSA) is 26.3 Å². The summed E-state index contributed by atoms with van der Waals surface area (Å²) in [5.74, 6) is -0.416. The molecule has 0 amide bonds. The van der Waals surface area contributed by atoms with Crippen LogP contribution in [0.5, 0.6) is 0 Å². The van der Waals surface area contributed by atoms with E-state index in [1.165, 1.54) is 57.3 Å². The molecule has 0 aromatic heterocycles. The normalized spacial score (nSPS) is 12.9. The number of rotatable bonds is 16. The monoisotopic (exact) mass is 394 g/mol. The summed E-state index contributed by atoms with van der Waals surface area (Å²) in [6.07, 6.45) is 36.5. The minimum atomic E-state index is -0.416. The molecule has 0 saturated heterocycles. The van der Waals surface area contributed by atoms with Gasteiger partial charge >= 0.3 is 5.97 Å². The van der Waals surface area contributed by atoms with E-state index in [4.69, 9.17) is 4.74 Å². The third kappa shape index (κ3) is 23.4. The van der Waals surface area contributed by atoms with Crippen LogP contribution >= 0.6 is 0 Å². The zero-order chi connectivity index (χ0) is 21.4. The molecule has 0 bridgehead atoms. The molecular weight excluding hydrogens is 356 g/mol. The fourth-order valence-corrected chi connectivity index (χ4v) is 2.30. The van der Waals surface area contributed by atoms with Crippen molar-refractivity contribution in [1.82, 2.24) is 0 Å². The molecule has 0 heterocycles. The first-order valence-electron chi connectivity index (χ1n) is 10.7. The number of esters is 1. The maximum atomic E-state index is 11.3. The Morgan fingerprint density at radius 3 is 1.83 bits per heavy atom. The van der Waals surface area contributed by atoms with E-state index in [2.05, 4.69) is 31.7 Å². The van der Waals surface area contributed by atoms with Crippen molar-refractivity contribution in [2.75, 3.05) is 0 Å². The van der Waals surface area contributed by atoms with Crippen LogP contribution in [0.25, 0.3) is 0 Å². The van der Waals surface area contributed by atoms with Crippen molar-refractivity contribution in [1.29, 1.82) is 0 Å². The van der Waals surface area contributed by atoms with Gasteiger partial charge in [-0.05, 0) is 25.8 Å². The zero-order valence-electron chi connectivity index (χ0n) is 18.3. The molecule has 2 heteroatoms. The summed E-state index contributed by atoms with van der Waals surface area (Å²) in [6, 6.07) is 0. The van der Waals surface area contributed by atoms with E-state index in [0.717, 1.165) is 12.0 Å². The van der Waals surface area contributed by atoms with E-state index >= 15 is 0 Å². The van der Waals surface area contributed by atoms with Crippen molar-refractivity contribution >= 4 is 5.97 Å². The molecule has 0 saturated carbocycles. The molecule has 0 unspecified atom stereocenters. The van der Waals surface area contributed by atoms with Gasteiger partial charge in [-0.3, -0.25) is 0 Å². The highest BCUT2D eigenvalue weighted by atomic mass is 16.5. The number of unbranched alkanes of at least 4 members (excludes halogenated alkanes) is 7. The number of hydrogen-bond acceptors (Lipinski definition) is 2. The molecule has 0 atom stereocenters. The lowest BCUT2D eigenvalue weighted by Crippen LogP contribution is -1.92. The molecule has 0 spiro atoms. The standard InChI is InChI=1S/C27H38O2/c1-4-5-6-7-8-9-10-11-12-13-14-15-16-17-18-19-20-21-22-23-27(28)29-25-24-26(2)3/h12-25H,2,4-11H2,1,3H3/b13-12+,15-14+,17-16+,19-18+,21-20+,23-22+,25-24+. The van der Waals surface area contributed by atoms with Crippen molar-refractivity contribution in [3.8, 4) is 0 Å². The Kier molecular flexibility index (Phi) is 19.7. The fourth-order valence-electron chi connectivity index (χ4n) is 2.30. The van der Waals surface area contributed by atoms with Gasteiger partial charge < -0.3 is 4.74 Å². The Hall–Kier alpha value is -2.61. The first-order valence-corrected chi connectivity index (χ1v) is 10.7. The second-order valence-electron chi connectivity index (χ2n) is 6.82. The van der Waals surface area contributed by atoms with Gasteiger partial charge in [0.15, 0.2) is 0 Å². The molecule has 0 rings (SSSR count). The highest BCUT2D eigenvalue weighted by molar-refractivity contribution is 5.82. The van der Waals surface area contributed by atoms with Crippen molar-refractivity contribution in [2.24, 2.45) is 0 Å². The van der Waals surface area contributed by atoms with Gasteiger partial charge in [0.05, 0.1) is 6.26 Å². The number of hydrogen-bond donors (Lipinski definition) is 0. The minimum Gasteiger partial charge on any atom is -0.431 e. The SMILES string of the molecule is C=C(C)/C=C/OC(=O)/C=C/C=C/C=C/C=C/C=C/C=C/CCCCCCCCC. The summed E-state index contributed by atoms with van der Waals surface area (Å²) in [7, 11) is 0. The maximum Gasteiger partial charge on any atom is 0.335 e. The highest BCUT2D eigenvalue weighted by Gasteiger charge is 1.90. The molecule has 0 aliphatic carbocycles. The van der Waals surface area contributed by atoms with Crippen molar-refractivity contribution in [2.45, 2.75) is 65.2 Å². The molecule has 0 aliphatic heterocycles. The Labute approximate surface area is 178 Å². The van der Waals surface area contributed by atoms with Crippen LogP contribution in [-0.2, 0) is 9.53 Å². The van der Waals surface area contributed by atoms with Gasteiger partial charge in [-0.25, -0.2) is 4.79 Å². The zero-order valence-corrected chi connectivity index (χ0v) is 18.3. The Morgan fingerprint density at radius 2 is 1.24 bits per heavy atom. The molecular formula is C27H38O2. The average Bonchev–Trinajstić information content (AvgIpc) is 2.69. The molecule has 0 N–H and O–H groups in total. The molecule has 0 aromatic carbocycles. The van der Waals surface area contributed by atoms with E-state index in [9.17, 15) is 4.79 Å². The van der Waals surface area contributed by atoms with Crippen LogP contribution in [0.15, 0.2) is 97.4 Å². The van der Waals surface area contributed by atoms with Crippen LogP contribution in [0.1, 0.15) is 65.2 Å². The van der Waals surface area contributed by atoms with Gasteiger partial charge in [-0.1, -0.05) is 124 Å². The van der Waals surface area contributed by atoms with Crippen LogP contribution in [0.3, 0.4) is 0 Å². The van der Waals surface area contributed by atoms with E-state index < -0.39 is 5.97 Å². The summed E-state index contributed by atoms with van der Waals surface area (Å²) < 4.78 is 4.85. The van der Waals surface area contributed by atoms with Gasteiger partial charge in [-0.15, -0.1) is 0 Å². The largest absolute Gasteiger partial charge is 0.431 e. The van der Waals surface area contributed by atoms with Crippen molar-refractivity contribution in [3.05, 3.63) is 97.4 Å². The second-order valence-corrected chi connectivity index (χ2v) is 6.82. The van der Waals surface area contributed by atoms with Gasteiger partial charge in [0.1, 0.15) is 0 Å². The summed E-state index contributed by atoms with van der Waals surface area (Å²) in [5.41, 5.74) is 0.828. The van der Waals surface area contributed by atoms with Crippen LogP contribution < -0.4 is 0 Å². The van der Waals surface area contributed by atoms with Gasteiger partial charge in [0.2, 0.25) is 0 Å². The number of carbonyl (C=O) groups is 1. The molecule has 0 aliphatic rings. The van der Waals surface area contributed by atoms with E-state index in [-0.39, 0.29) is 0 Å². The van der Waals surface area contributed by atoms with E-state index in [0.29, 0.717) is 0 Å². The first-order chi connectivity index (χ1) is 14.2. The molecule has 0 radical (unpaired) electrons. The van der Waals surface area contributed by atoms with E-state index in [1.54, 1.807) is 18.2 Å². The van der Waals surface area contributed by atoms with Gasteiger partial charge in [0.25, 0.3) is 0 Å². The average molecular weight is 395 g/mol. The van der Waals surface area contributed by atoms with Gasteiger partial charge in [0, 0.05) is 6.08 Å². The smallest absolute Gasteiger partial charge is 0.335 e. The maximum absolute atomic E-state index is 11.3. The summed E-state index contributed by atoms with van der Waals surface area (Å²) in [6.45, 7) is 7.76. The molecule has 2 nitrogen and oxygen atoms in total. The Bertz CT molecular complexity index is 625. The second kappa shape index (κ2) is 21.7. The third-order valence-corrected chi connectivity index (χ3v) is 3.88. The van der Waals surface area contributed by atoms with E-state index in [1.807, 2.05) is 43.4 Å². The number of allylic oxidation sites excluding steroid dienone is 13. The van der Waals surface area contributed by atoms with Crippen LogP contribution in [0.2, 0.25) is 0 Å². The molecule has 0 fully saturated rings. The predicted octanol–water partition coefficient (Wildman–Crippen LogP) is 8.10. The summed E-state index contributed by atoms with van der Waals surface area (Å²) in [5, 5.41) is 0. The minimum absolute atomic E-state index is 0.416. The lowest BCUT2D eigenvalue weighted by atomic mass is 10.1. The summed E-state index contributed by atoms with van der Waals surface area (Å²) >= 11 is 0. The Balaban J connectivity index is 3.75. The fraction of sp³-hybridized carbons (Fsp3) is 0.370. The first kappa shape index (κ1) is 26.4. The quantitative estimate of drug-likeness (QED) is 0.0869. The lowest BCUT2D eigenvalue weighted by Gasteiger charge is -1.98. The van der Waals surface area contributed by atoms with Crippen LogP contribution in [-0.4, -0.2) is 5.97 Å². The van der Waals surface area contributed by atoms with Crippen LogP contribution in [0, 0.1) is 0 Å².